The summed E-state index contributed by atoms with van der Waals surface area (Å²) in [6.07, 6.45) is -0.337. The molecule has 2 atom stereocenters. The summed E-state index contributed by atoms with van der Waals surface area (Å²) in [5.74, 6) is -0.817. The number of alkyl carbamates (subject to hydrolysis) is 1. The van der Waals surface area contributed by atoms with Gasteiger partial charge in [0, 0.05) is 17.6 Å². The van der Waals surface area contributed by atoms with E-state index in [1.165, 1.54) is 11.0 Å². The van der Waals surface area contributed by atoms with Crippen LogP contribution in [0.1, 0.15) is 80.3 Å². The van der Waals surface area contributed by atoms with Crippen LogP contribution in [0.3, 0.4) is 0 Å². The SMILES string of the molecule is CC(C)CC(NC(=O)OC(C)(C)C)C(=O)N(C(C)C)C(C(=O)NC(C)C)c1ccccc1O. The summed E-state index contributed by atoms with van der Waals surface area (Å²) in [4.78, 5) is 41.0. The second-order valence-corrected chi connectivity index (χ2v) is 10.3. The highest BCUT2D eigenvalue weighted by molar-refractivity contribution is 5.92. The normalized spacial score (nSPS) is 13.6. The van der Waals surface area contributed by atoms with E-state index in [1.807, 2.05) is 27.7 Å². The summed E-state index contributed by atoms with van der Waals surface area (Å²) < 4.78 is 5.36. The van der Waals surface area contributed by atoms with Gasteiger partial charge in [-0.1, -0.05) is 32.0 Å². The van der Waals surface area contributed by atoms with E-state index in [1.54, 1.807) is 52.8 Å². The molecule has 0 aliphatic heterocycles. The summed E-state index contributed by atoms with van der Waals surface area (Å²) in [5.41, 5.74) is -0.402. The van der Waals surface area contributed by atoms with Crippen molar-refractivity contribution in [3.05, 3.63) is 29.8 Å². The first-order chi connectivity index (χ1) is 15.1. The van der Waals surface area contributed by atoms with E-state index in [0.29, 0.717) is 12.0 Å². The average molecular weight is 464 g/mol. The third kappa shape index (κ3) is 8.94. The Morgan fingerprint density at radius 3 is 2.03 bits per heavy atom. The number of amides is 3. The number of carbonyl (C=O) groups is 3. The van der Waals surface area contributed by atoms with E-state index in [9.17, 15) is 19.5 Å². The molecule has 0 heterocycles. The highest BCUT2D eigenvalue weighted by Crippen LogP contribution is 2.31. The molecule has 8 heteroatoms. The maximum absolute atomic E-state index is 13.8. The lowest BCUT2D eigenvalue weighted by Gasteiger charge is -2.38. The third-order valence-electron chi connectivity index (χ3n) is 4.70. The number of hydrogen-bond acceptors (Lipinski definition) is 5. The Bertz CT molecular complexity index is 815. The summed E-state index contributed by atoms with van der Waals surface area (Å²) >= 11 is 0. The van der Waals surface area contributed by atoms with E-state index < -0.39 is 41.6 Å². The molecule has 0 aliphatic carbocycles. The van der Waals surface area contributed by atoms with Gasteiger partial charge in [-0.3, -0.25) is 9.59 Å². The molecule has 0 fully saturated rings. The summed E-state index contributed by atoms with van der Waals surface area (Å²) in [5, 5.41) is 16.1. The van der Waals surface area contributed by atoms with Gasteiger partial charge in [-0.15, -0.1) is 0 Å². The Labute approximate surface area is 198 Å². The van der Waals surface area contributed by atoms with Crippen LogP contribution < -0.4 is 10.6 Å². The molecule has 1 aromatic rings. The number of phenolic OH excluding ortho intramolecular Hbond substituents is 1. The maximum atomic E-state index is 13.8. The second-order valence-electron chi connectivity index (χ2n) is 10.3. The van der Waals surface area contributed by atoms with Crippen molar-refractivity contribution in [3.8, 4) is 5.75 Å². The van der Waals surface area contributed by atoms with Gasteiger partial charge in [-0.25, -0.2) is 4.79 Å². The summed E-state index contributed by atoms with van der Waals surface area (Å²) in [6.45, 7) is 16.4. The number of carbonyl (C=O) groups excluding carboxylic acids is 3. The molecule has 3 N–H and O–H groups in total. The highest BCUT2D eigenvalue weighted by Gasteiger charge is 2.39. The lowest BCUT2D eigenvalue weighted by molar-refractivity contribution is -0.145. The van der Waals surface area contributed by atoms with Crippen LogP contribution >= 0.6 is 0 Å². The number of nitrogens with zero attached hydrogens (tertiary/aromatic N) is 1. The topological polar surface area (TPSA) is 108 Å². The van der Waals surface area contributed by atoms with Gasteiger partial charge < -0.3 is 25.4 Å². The van der Waals surface area contributed by atoms with Crippen LogP contribution in [0, 0.1) is 5.92 Å². The third-order valence-corrected chi connectivity index (χ3v) is 4.70. The van der Waals surface area contributed by atoms with Crippen LogP contribution in [0.25, 0.3) is 0 Å². The van der Waals surface area contributed by atoms with Gasteiger partial charge in [-0.05, 0) is 66.9 Å². The van der Waals surface area contributed by atoms with E-state index >= 15 is 0 Å². The Hall–Kier alpha value is -2.77. The number of nitrogens with one attached hydrogen (secondary N) is 2. The molecular weight excluding hydrogens is 422 g/mol. The van der Waals surface area contributed by atoms with Gasteiger partial charge in [0.05, 0.1) is 0 Å². The number of hydrogen-bond donors (Lipinski definition) is 3. The standard InChI is InChI=1S/C25H41N3O5/c1-15(2)14-19(27-24(32)33-25(7,8)9)23(31)28(17(5)6)21(22(30)26-16(3)4)18-12-10-11-13-20(18)29/h10-13,15-17,19,21,29H,14H2,1-9H3,(H,26,30)(H,27,32). The second kappa shape index (κ2) is 11.9. The molecule has 0 aromatic heterocycles. The quantitative estimate of drug-likeness (QED) is 0.510. The van der Waals surface area contributed by atoms with Crippen LogP contribution in [0.2, 0.25) is 0 Å². The van der Waals surface area contributed by atoms with Crippen LogP contribution in [0.5, 0.6) is 5.75 Å². The first-order valence-corrected chi connectivity index (χ1v) is 11.5. The Morgan fingerprint density at radius 2 is 1.58 bits per heavy atom. The number of aromatic hydroxyl groups is 1. The number of ether oxygens (including phenoxy) is 1. The zero-order valence-corrected chi connectivity index (χ0v) is 21.4. The van der Waals surface area contributed by atoms with E-state index in [-0.39, 0.29) is 17.7 Å². The van der Waals surface area contributed by atoms with Gasteiger partial charge in [0.15, 0.2) is 0 Å². The van der Waals surface area contributed by atoms with Gasteiger partial charge in [0.1, 0.15) is 23.4 Å². The number of benzene rings is 1. The van der Waals surface area contributed by atoms with Crippen molar-refractivity contribution >= 4 is 17.9 Å². The molecule has 3 amide bonds. The lowest BCUT2D eigenvalue weighted by Crippen LogP contribution is -2.55. The van der Waals surface area contributed by atoms with Crippen molar-refractivity contribution in [2.24, 2.45) is 5.92 Å². The van der Waals surface area contributed by atoms with Crippen LogP contribution in [0.15, 0.2) is 24.3 Å². The smallest absolute Gasteiger partial charge is 0.408 e. The molecule has 0 aliphatic rings. The first kappa shape index (κ1) is 28.3. The van der Waals surface area contributed by atoms with Crippen molar-refractivity contribution in [3.63, 3.8) is 0 Å². The largest absolute Gasteiger partial charge is 0.508 e. The van der Waals surface area contributed by atoms with Crippen molar-refractivity contribution in [1.82, 2.24) is 15.5 Å². The minimum absolute atomic E-state index is 0.0830. The Balaban J connectivity index is 3.46. The van der Waals surface area contributed by atoms with Crippen molar-refractivity contribution in [2.75, 3.05) is 0 Å². The fourth-order valence-corrected chi connectivity index (χ4v) is 3.50. The molecule has 1 rings (SSSR count). The minimum Gasteiger partial charge on any atom is -0.508 e. The van der Waals surface area contributed by atoms with Crippen molar-refractivity contribution in [2.45, 2.75) is 98.5 Å². The predicted molar refractivity (Wildman–Crippen MR) is 129 cm³/mol. The van der Waals surface area contributed by atoms with Gasteiger partial charge in [-0.2, -0.15) is 0 Å². The Morgan fingerprint density at radius 1 is 1.00 bits per heavy atom. The summed E-state index contributed by atoms with van der Waals surface area (Å²) in [6, 6.07) is 3.94. The molecule has 0 saturated heterocycles. The molecule has 0 bridgehead atoms. The zero-order valence-electron chi connectivity index (χ0n) is 21.4. The van der Waals surface area contributed by atoms with Crippen LogP contribution in [0.4, 0.5) is 4.79 Å². The van der Waals surface area contributed by atoms with E-state index in [2.05, 4.69) is 10.6 Å². The van der Waals surface area contributed by atoms with Gasteiger partial charge in [0.25, 0.3) is 0 Å². The minimum atomic E-state index is -1.07. The van der Waals surface area contributed by atoms with Crippen LogP contribution in [-0.2, 0) is 14.3 Å². The molecule has 2 unspecified atom stereocenters. The monoisotopic (exact) mass is 463 g/mol. The molecular formula is C25H41N3O5. The zero-order chi connectivity index (χ0) is 25.5. The highest BCUT2D eigenvalue weighted by atomic mass is 16.6. The lowest BCUT2D eigenvalue weighted by atomic mass is 9.97. The first-order valence-electron chi connectivity index (χ1n) is 11.5. The fourth-order valence-electron chi connectivity index (χ4n) is 3.50. The van der Waals surface area contributed by atoms with Gasteiger partial charge in [0.2, 0.25) is 11.8 Å². The molecule has 1 aromatic carbocycles. The maximum Gasteiger partial charge on any atom is 0.408 e. The fraction of sp³-hybridized carbons (Fsp3) is 0.640. The molecule has 186 valence electrons. The van der Waals surface area contributed by atoms with Gasteiger partial charge >= 0.3 is 6.09 Å². The number of para-hydroxylation sites is 1. The van der Waals surface area contributed by atoms with Crippen molar-refractivity contribution < 1.29 is 24.2 Å². The molecule has 0 radical (unpaired) electrons. The van der Waals surface area contributed by atoms with E-state index in [4.69, 9.17) is 4.74 Å². The Kier molecular flexibility index (Phi) is 10.2. The summed E-state index contributed by atoms with van der Waals surface area (Å²) in [7, 11) is 0. The molecule has 0 saturated carbocycles. The molecule has 8 nitrogen and oxygen atoms in total. The van der Waals surface area contributed by atoms with Crippen molar-refractivity contribution in [1.29, 1.82) is 0 Å². The predicted octanol–water partition coefficient (Wildman–Crippen LogP) is 4.13. The number of rotatable bonds is 9. The molecule has 33 heavy (non-hydrogen) atoms. The average Bonchev–Trinajstić information content (AvgIpc) is 2.63. The van der Waals surface area contributed by atoms with E-state index in [0.717, 1.165) is 0 Å². The molecule has 0 spiro atoms. The number of phenols is 1. The van der Waals surface area contributed by atoms with Crippen LogP contribution in [-0.4, -0.2) is 51.6 Å².